The molecule has 1 saturated heterocycles. The Bertz CT molecular complexity index is 1180. The number of anilines is 1. The zero-order valence-corrected chi connectivity index (χ0v) is 21.0. The summed E-state index contributed by atoms with van der Waals surface area (Å²) in [4.78, 5) is 18.4. The molecule has 1 aliphatic heterocycles. The summed E-state index contributed by atoms with van der Waals surface area (Å²) in [6, 6.07) is 14.6. The van der Waals surface area contributed by atoms with E-state index in [1.807, 2.05) is 43.3 Å². The fourth-order valence-corrected chi connectivity index (χ4v) is 4.15. The molecule has 1 amide bonds. The summed E-state index contributed by atoms with van der Waals surface area (Å²) >= 11 is 0. The second-order valence-corrected chi connectivity index (χ2v) is 8.87. The normalized spacial score (nSPS) is 15.1. The third-order valence-corrected chi connectivity index (χ3v) is 6.09. The Morgan fingerprint density at radius 3 is 2.60 bits per heavy atom. The van der Waals surface area contributed by atoms with Gasteiger partial charge in [0.05, 0.1) is 5.69 Å². The maximum atomic E-state index is 11.6. The molecular formula is C28H37N5O2. The Balaban J connectivity index is 0.000000492. The smallest absolute Gasteiger partial charge is 0.248 e. The molecule has 0 saturated carbocycles. The molecule has 1 atom stereocenters. The number of hydrogen-bond acceptors (Lipinski definition) is 6. The fourth-order valence-electron chi connectivity index (χ4n) is 4.15. The van der Waals surface area contributed by atoms with Crippen LogP contribution in [-0.2, 0) is 6.42 Å². The van der Waals surface area contributed by atoms with Crippen LogP contribution in [0.3, 0.4) is 0 Å². The van der Waals surface area contributed by atoms with E-state index in [0.717, 1.165) is 34.0 Å². The van der Waals surface area contributed by atoms with Crippen LogP contribution in [0.5, 0.6) is 11.5 Å². The average Bonchev–Trinajstić information content (AvgIpc) is 3.26. The van der Waals surface area contributed by atoms with Gasteiger partial charge in [-0.25, -0.2) is 0 Å². The number of ether oxygens (including phenoxy) is 1. The third-order valence-electron chi connectivity index (χ3n) is 6.09. The molecule has 7 nitrogen and oxygen atoms in total. The number of primary amides is 1. The van der Waals surface area contributed by atoms with Crippen LogP contribution < -0.4 is 15.8 Å². The van der Waals surface area contributed by atoms with Gasteiger partial charge in [0.25, 0.3) is 0 Å². The number of aromatic nitrogens is 1. The topological polar surface area (TPSA) is 104 Å². The van der Waals surface area contributed by atoms with Gasteiger partial charge < -0.3 is 26.1 Å². The predicted octanol–water partition coefficient (Wildman–Crippen LogP) is 5.45. The Hall–Kier alpha value is -3.71. The Morgan fingerprint density at radius 1 is 1.26 bits per heavy atom. The van der Waals surface area contributed by atoms with Crippen LogP contribution in [0.1, 0.15) is 43.2 Å². The number of carbonyl (C=O) groups is 1. The zero-order valence-electron chi connectivity index (χ0n) is 21.0. The monoisotopic (exact) mass is 475 g/mol. The molecule has 2 aromatic carbocycles. The molecule has 0 bridgehead atoms. The van der Waals surface area contributed by atoms with Crippen molar-refractivity contribution in [2.45, 2.75) is 26.7 Å². The minimum atomic E-state index is -0.429. The van der Waals surface area contributed by atoms with Crippen molar-refractivity contribution >= 4 is 17.8 Å². The number of amides is 1. The van der Waals surface area contributed by atoms with Gasteiger partial charge in [-0.15, -0.1) is 0 Å². The van der Waals surface area contributed by atoms with E-state index in [1.54, 1.807) is 25.4 Å². The predicted molar refractivity (Wildman–Crippen MR) is 145 cm³/mol. The van der Waals surface area contributed by atoms with Gasteiger partial charge in [-0.3, -0.25) is 9.78 Å². The van der Waals surface area contributed by atoms with Crippen LogP contribution in [0, 0.1) is 11.3 Å². The van der Waals surface area contributed by atoms with Crippen molar-refractivity contribution in [3.63, 3.8) is 0 Å². The SMILES string of the molecule is CC1CCN(C)C1.CCc1cc(-c2cc(Oc3ccc(C=N)c(NC)c3)ccn2)ccc1C(N)=O.[HH]. The molecule has 2 heterocycles. The molecule has 1 fully saturated rings. The summed E-state index contributed by atoms with van der Waals surface area (Å²) in [6.07, 6.45) is 5.08. The molecule has 0 radical (unpaired) electrons. The van der Waals surface area contributed by atoms with E-state index in [-0.39, 0.29) is 1.43 Å². The first kappa shape index (κ1) is 25.9. The van der Waals surface area contributed by atoms with E-state index < -0.39 is 5.91 Å². The van der Waals surface area contributed by atoms with E-state index in [9.17, 15) is 4.79 Å². The molecule has 186 valence electrons. The Kier molecular flexibility index (Phi) is 8.98. The van der Waals surface area contributed by atoms with Crippen molar-refractivity contribution in [3.05, 3.63) is 71.4 Å². The Morgan fingerprint density at radius 2 is 2.03 bits per heavy atom. The van der Waals surface area contributed by atoms with Crippen LogP contribution in [-0.4, -0.2) is 49.2 Å². The summed E-state index contributed by atoms with van der Waals surface area (Å²) in [5.74, 6) is 1.82. The van der Waals surface area contributed by atoms with E-state index in [2.05, 4.69) is 29.2 Å². The molecule has 1 unspecified atom stereocenters. The largest absolute Gasteiger partial charge is 0.457 e. The lowest BCUT2D eigenvalue weighted by Gasteiger charge is -2.11. The summed E-state index contributed by atoms with van der Waals surface area (Å²) in [5.41, 5.74) is 10.1. The number of likely N-dealkylation sites (tertiary alicyclic amines) is 1. The number of nitrogens with zero attached hydrogens (tertiary/aromatic N) is 2. The highest BCUT2D eigenvalue weighted by Gasteiger charge is 2.13. The van der Waals surface area contributed by atoms with E-state index in [0.29, 0.717) is 23.5 Å². The second-order valence-electron chi connectivity index (χ2n) is 8.87. The standard InChI is InChI=1S/C22H22N4O2.C6H13N.H2/c1-3-14-10-15(5-7-19(14)22(24)27)21-12-18(8-9-26-21)28-17-6-4-16(13-23)20(11-17)25-2;1-6-3-4-7(2)5-6;/h4-13,23,25H,3H2,1-2H3,(H2,24,27);6H,3-5H2,1-2H3;1H. The minimum Gasteiger partial charge on any atom is -0.457 e. The van der Waals surface area contributed by atoms with Crippen molar-refractivity contribution in [3.8, 4) is 22.8 Å². The van der Waals surface area contributed by atoms with Crippen molar-refractivity contribution in [2.75, 3.05) is 32.5 Å². The molecule has 7 heteroatoms. The zero-order chi connectivity index (χ0) is 25.4. The van der Waals surface area contributed by atoms with Gasteiger partial charge in [-0.2, -0.15) is 0 Å². The number of nitrogens with one attached hydrogen (secondary N) is 2. The third kappa shape index (κ3) is 6.90. The van der Waals surface area contributed by atoms with Gasteiger partial charge >= 0.3 is 0 Å². The molecule has 3 aromatic rings. The number of pyridine rings is 1. The van der Waals surface area contributed by atoms with Crippen LogP contribution in [0.4, 0.5) is 5.69 Å². The van der Waals surface area contributed by atoms with Crippen molar-refractivity contribution < 1.29 is 11.0 Å². The number of nitrogens with two attached hydrogens (primary N) is 1. The number of carbonyl (C=O) groups excluding carboxylic acids is 1. The van der Waals surface area contributed by atoms with Gasteiger partial charge in [0.1, 0.15) is 11.5 Å². The molecule has 35 heavy (non-hydrogen) atoms. The highest BCUT2D eigenvalue weighted by atomic mass is 16.5. The first-order valence-corrected chi connectivity index (χ1v) is 11.9. The van der Waals surface area contributed by atoms with E-state index in [1.165, 1.54) is 25.7 Å². The highest BCUT2D eigenvalue weighted by molar-refractivity contribution is 5.95. The molecular weight excluding hydrogens is 438 g/mol. The number of benzene rings is 2. The van der Waals surface area contributed by atoms with E-state index in [4.69, 9.17) is 15.9 Å². The van der Waals surface area contributed by atoms with Gasteiger partial charge in [-0.1, -0.05) is 19.9 Å². The van der Waals surface area contributed by atoms with Gasteiger partial charge in [-0.05, 0) is 68.2 Å². The summed E-state index contributed by atoms with van der Waals surface area (Å²) < 4.78 is 5.97. The number of aryl methyl sites for hydroxylation is 1. The van der Waals surface area contributed by atoms with Crippen molar-refractivity contribution in [1.82, 2.24) is 9.88 Å². The van der Waals surface area contributed by atoms with Crippen LogP contribution >= 0.6 is 0 Å². The average molecular weight is 476 g/mol. The first-order valence-electron chi connectivity index (χ1n) is 11.9. The molecule has 4 N–H and O–H groups in total. The Labute approximate surface area is 209 Å². The summed E-state index contributed by atoms with van der Waals surface area (Å²) in [7, 11) is 3.99. The minimum absolute atomic E-state index is 0. The molecule has 1 aliphatic rings. The van der Waals surface area contributed by atoms with Crippen LogP contribution in [0.2, 0.25) is 0 Å². The lowest BCUT2D eigenvalue weighted by molar-refractivity contribution is 0.0999. The quantitative estimate of drug-likeness (QED) is 0.394. The molecule has 0 aliphatic carbocycles. The van der Waals surface area contributed by atoms with Crippen molar-refractivity contribution in [1.29, 1.82) is 5.41 Å². The first-order chi connectivity index (χ1) is 16.8. The maximum absolute atomic E-state index is 11.6. The second kappa shape index (κ2) is 12.1. The van der Waals surface area contributed by atoms with E-state index >= 15 is 0 Å². The lowest BCUT2D eigenvalue weighted by Crippen LogP contribution is -2.13. The summed E-state index contributed by atoms with van der Waals surface area (Å²) in [5, 5.41) is 10.5. The summed E-state index contributed by atoms with van der Waals surface area (Å²) in [6.45, 7) is 6.90. The lowest BCUT2D eigenvalue weighted by atomic mass is 9.99. The fraction of sp³-hybridized carbons (Fsp3) is 0.321. The number of rotatable bonds is 7. The molecule has 4 rings (SSSR count). The van der Waals surface area contributed by atoms with Gasteiger partial charge in [0, 0.05) is 61.9 Å². The molecule has 0 spiro atoms. The van der Waals surface area contributed by atoms with Crippen LogP contribution in [0.25, 0.3) is 11.3 Å². The number of hydrogen-bond donors (Lipinski definition) is 3. The van der Waals surface area contributed by atoms with Gasteiger partial charge in [0.2, 0.25) is 5.91 Å². The molecule has 1 aromatic heterocycles. The van der Waals surface area contributed by atoms with Gasteiger partial charge in [0.15, 0.2) is 0 Å². The maximum Gasteiger partial charge on any atom is 0.248 e. The van der Waals surface area contributed by atoms with Crippen molar-refractivity contribution in [2.24, 2.45) is 11.7 Å². The van der Waals surface area contributed by atoms with Crippen LogP contribution in [0.15, 0.2) is 54.7 Å². The highest BCUT2D eigenvalue weighted by Crippen LogP contribution is 2.29.